The van der Waals surface area contributed by atoms with Gasteiger partial charge in [-0.25, -0.2) is 0 Å². The molecule has 0 aromatic rings. The lowest BCUT2D eigenvalue weighted by molar-refractivity contribution is 0.0949. The topological polar surface area (TPSA) is 41.5 Å². The van der Waals surface area contributed by atoms with Gasteiger partial charge in [0.2, 0.25) is 0 Å². The highest BCUT2D eigenvalue weighted by Crippen LogP contribution is 2.15. The summed E-state index contributed by atoms with van der Waals surface area (Å²) in [5.41, 5.74) is -0.178. The maximum Gasteiger partial charge on any atom is 0.0618 e. The molecule has 0 bridgehead atoms. The smallest absolute Gasteiger partial charge is 0.0618 e. The first-order valence-corrected chi connectivity index (χ1v) is 5.86. The molecule has 0 radical (unpaired) electrons. The Hall–Kier alpha value is -0.120. The number of hydrogen-bond donors (Lipinski definition) is 2. The van der Waals surface area contributed by atoms with Gasteiger partial charge in [0.05, 0.1) is 13.2 Å². The summed E-state index contributed by atoms with van der Waals surface area (Å²) in [5.74, 6) is 0.507. The zero-order chi connectivity index (χ0) is 11.9. The van der Waals surface area contributed by atoms with Crippen LogP contribution in [-0.4, -0.2) is 37.0 Å². The molecule has 15 heavy (non-hydrogen) atoms. The second-order valence-corrected chi connectivity index (χ2v) is 4.92. The predicted octanol–water partition coefficient (Wildman–Crippen LogP) is 1.80. The SMILES string of the molecule is CCCC(C)(CO)NC(COC)C(C)C. The Morgan fingerprint density at radius 3 is 2.33 bits per heavy atom. The molecule has 0 rings (SSSR count). The summed E-state index contributed by atoms with van der Waals surface area (Å²) in [7, 11) is 1.72. The van der Waals surface area contributed by atoms with Crippen molar-refractivity contribution in [2.45, 2.75) is 52.1 Å². The van der Waals surface area contributed by atoms with Gasteiger partial charge in [0, 0.05) is 18.7 Å². The largest absolute Gasteiger partial charge is 0.394 e. The van der Waals surface area contributed by atoms with Gasteiger partial charge in [-0.2, -0.15) is 0 Å². The molecule has 0 saturated carbocycles. The molecule has 2 N–H and O–H groups in total. The molecule has 0 aromatic carbocycles. The van der Waals surface area contributed by atoms with E-state index in [2.05, 4.69) is 33.0 Å². The van der Waals surface area contributed by atoms with Crippen molar-refractivity contribution in [1.82, 2.24) is 5.32 Å². The average Bonchev–Trinajstić information content (AvgIpc) is 2.17. The van der Waals surface area contributed by atoms with Crippen LogP contribution in [0.3, 0.4) is 0 Å². The first-order chi connectivity index (χ1) is 6.99. The lowest BCUT2D eigenvalue weighted by Gasteiger charge is -2.35. The van der Waals surface area contributed by atoms with E-state index in [0.717, 1.165) is 12.8 Å². The average molecular weight is 217 g/mol. The van der Waals surface area contributed by atoms with Crippen molar-refractivity contribution in [3.05, 3.63) is 0 Å². The summed E-state index contributed by atoms with van der Waals surface area (Å²) < 4.78 is 5.19. The van der Waals surface area contributed by atoms with E-state index in [1.54, 1.807) is 7.11 Å². The number of methoxy groups -OCH3 is 1. The zero-order valence-corrected chi connectivity index (χ0v) is 10.8. The fraction of sp³-hybridized carbons (Fsp3) is 1.00. The van der Waals surface area contributed by atoms with E-state index in [1.807, 2.05) is 0 Å². The van der Waals surface area contributed by atoms with E-state index in [-0.39, 0.29) is 12.1 Å². The third kappa shape index (κ3) is 5.50. The van der Waals surface area contributed by atoms with Crippen LogP contribution in [0.1, 0.15) is 40.5 Å². The van der Waals surface area contributed by atoms with Gasteiger partial charge < -0.3 is 15.2 Å². The second-order valence-electron chi connectivity index (χ2n) is 4.92. The molecule has 0 aliphatic carbocycles. The minimum atomic E-state index is -0.178. The van der Waals surface area contributed by atoms with Crippen molar-refractivity contribution in [2.24, 2.45) is 5.92 Å². The number of hydrogen-bond acceptors (Lipinski definition) is 3. The Morgan fingerprint density at radius 2 is 2.00 bits per heavy atom. The summed E-state index contributed by atoms with van der Waals surface area (Å²) in [4.78, 5) is 0. The monoisotopic (exact) mass is 217 g/mol. The van der Waals surface area contributed by atoms with Crippen LogP contribution in [0.15, 0.2) is 0 Å². The molecule has 0 amide bonds. The van der Waals surface area contributed by atoms with Crippen LogP contribution in [0.2, 0.25) is 0 Å². The minimum absolute atomic E-state index is 0.174. The Labute approximate surface area is 94.2 Å². The second kappa shape index (κ2) is 7.20. The molecule has 0 heterocycles. The van der Waals surface area contributed by atoms with Gasteiger partial charge in [0.25, 0.3) is 0 Å². The standard InChI is InChI=1S/C12H27NO2/c1-6-7-12(4,9-14)13-11(8-15-5)10(2)3/h10-11,13-14H,6-9H2,1-5H3. The normalized spacial score (nSPS) is 17.8. The van der Waals surface area contributed by atoms with E-state index >= 15 is 0 Å². The maximum absolute atomic E-state index is 9.41. The van der Waals surface area contributed by atoms with Crippen LogP contribution in [0.4, 0.5) is 0 Å². The highest BCUT2D eigenvalue weighted by molar-refractivity contribution is 4.86. The molecule has 0 saturated heterocycles. The first kappa shape index (κ1) is 14.9. The van der Waals surface area contributed by atoms with Crippen LogP contribution in [0.25, 0.3) is 0 Å². The van der Waals surface area contributed by atoms with E-state index in [9.17, 15) is 5.11 Å². The quantitative estimate of drug-likeness (QED) is 0.651. The Morgan fingerprint density at radius 1 is 1.40 bits per heavy atom. The van der Waals surface area contributed by atoms with Gasteiger partial charge in [-0.1, -0.05) is 27.2 Å². The molecular weight excluding hydrogens is 190 g/mol. The van der Waals surface area contributed by atoms with E-state index in [4.69, 9.17) is 4.74 Å². The molecule has 92 valence electrons. The molecule has 2 unspecified atom stereocenters. The predicted molar refractivity (Wildman–Crippen MR) is 64.0 cm³/mol. The van der Waals surface area contributed by atoms with Crippen molar-refractivity contribution >= 4 is 0 Å². The van der Waals surface area contributed by atoms with Gasteiger partial charge in [0.15, 0.2) is 0 Å². The Bertz CT molecular complexity index is 162. The van der Waals surface area contributed by atoms with E-state index < -0.39 is 0 Å². The third-order valence-electron chi connectivity index (χ3n) is 2.84. The summed E-state index contributed by atoms with van der Waals surface area (Å²) in [6.07, 6.45) is 2.05. The van der Waals surface area contributed by atoms with Crippen LogP contribution < -0.4 is 5.32 Å². The lowest BCUT2D eigenvalue weighted by Crippen LogP contribution is -2.54. The van der Waals surface area contributed by atoms with E-state index in [0.29, 0.717) is 18.6 Å². The van der Waals surface area contributed by atoms with Crippen molar-refractivity contribution in [3.63, 3.8) is 0 Å². The van der Waals surface area contributed by atoms with Crippen LogP contribution in [0.5, 0.6) is 0 Å². The first-order valence-electron chi connectivity index (χ1n) is 5.86. The highest BCUT2D eigenvalue weighted by Gasteiger charge is 2.26. The molecule has 0 spiro atoms. The minimum Gasteiger partial charge on any atom is -0.394 e. The van der Waals surface area contributed by atoms with Crippen molar-refractivity contribution in [3.8, 4) is 0 Å². The van der Waals surface area contributed by atoms with Gasteiger partial charge in [0.1, 0.15) is 0 Å². The molecule has 0 fully saturated rings. The van der Waals surface area contributed by atoms with Crippen LogP contribution in [-0.2, 0) is 4.74 Å². The van der Waals surface area contributed by atoms with Gasteiger partial charge in [-0.3, -0.25) is 0 Å². The fourth-order valence-electron chi connectivity index (χ4n) is 1.78. The number of ether oxygens (including phenoxy) is 1. The molecule has 0 aromatic heterocycles. The molecule has 3 nitrogen and oxygen atoms in total. The van der Waals surface area contributed by atoms with Crippen LogP contribution in [0, 0.1) is 5.92 Å². The molecule has 0 aliphatic heterocycles. The number of aliphatic hydroxyl groups is 1. The van der Waals surface area contributed by atoms with E-state index in [1.165, 1.54) is 0 Å². The van der Waals surface area contributed by atoms with Crippen molar-refractivity contribution in [2.75, 3.05) is 20.3 Å². The molecule has 0 aliphatic rings. The molecule has 3 heteroatoms. The highest BCUT2D eigenvalue weighted by atomic mass is 16.5. The van der Waals surface area contributed by atoms with Gasteiger partial charge in [-0.15, -0.1) is 0 Å². The molecular formula is C12H27NO2. The number of aliphatic hydroxyl groups excluding tert-OH is 1. The summed E-state index contributed by atoms with van der Waals surface area (Å²) in [6, 6.07) is 0.304. The summed E-state index contributed by atoms with van der Waals surface area (Å²) in [5, 5.41) is 12.9. The summed E-state index contributed by atoms with van der Waals surface area (Å²) in [6.45, 7) is 9.41. The maximum atomic E-state index is 9.41. The number of nitrogens with one attached hydrogen (secondary N) is 1. The number of rotatable bonds is 8. The zero-order valence-electron chi connectivity index (χ0n) is 10.8. The van der Waals surface area contributed by atoms with Crippen LogP contribution >= 0.6 is 0 Å². The van der Waals surface area contributed by atoms with Gasteiger partial charge >= 0.3 is 0 Å². The summed E-state index contributed by atoms with van der Waals surface area (Å²) >= 11 is 0. The van der Waals surface area contributed by atoms with Crippen molar-refractivity contribution < 1.29 is 9.84 Å². The lowest BCUT2D eigenvalue weighted by atomic mass is 9.93. The third-order valence-corrected chi connectivity index (χ3v) is 2.84. The van der Waals surface area contributed by atoms with Crippen molar-refractivity contribution in [1.29, 1.82) is 0 Å². The molecule has 2 atom stereocenters. The fourth-order valence-corrected chi connectivity index (χ4v) is 1.78. The van der Waals surface area contributed by atoms with Gasteiger partial charge in [-0.05, 0) is 19.3 Å². The Kier molecular flexibility index (Phi) is 7.14. The Balaban J connectivity index is 4.33.